The molecule has 0 saturated heterocycles. The predicted molar refractivity (Wildman–Crippen MR) is 86.1 cm³/mol. The number of benzene rings is 1. The molecule has 1 heterocycles. The lowest BCUT2D eigenvalue weighted by atomic mass is 10.1. The average Bonchev–Trinajstić information content (AvgIpc) is 2.49. The van der Waals surface area contributed by atoms with Crippen LogP contribution < -0.4 is 5.73 Å². The van der Waals surface area contributed by atoms with Crippen LogP contribution in [0.1, 0.15) is 16.8 Å². The standard InChI is InChI=1S/C15H17BrN4O/c1-20(9-11-5-2-3-7-13(11)16)10-12-6-4-8-18-14(12)15(17)19-21/h2-8,21H,9-10H2,1H3,(H2,17,19). The summed E-state index contributed by atoms with van der Waals surface area (Å²) in [6.45, 7) is 1.44. The molecule has 110 valence electrons. The summed E-state index contributed by atoms with van der Waals surface area (Å²) in [5, 5.41) is 11.9. The highest BCUT2D eigenvalue weighted by atomic mass is 79.9. The van der Waals surface area contributed by atoms with Crippen LogP contribution in [0.15, 0.2) is 52.2 Å². The van der Waals surface area contributed by atoms with Crippen molar-refractivity contribution in [1.29, 1.82) is 0 Å². The normalized spacial score (nSPS) is 11.9. The van der Waals surface area contributed by atoms with Gasteiger partial charge in [0.25, 0.3) is 0 Å². The molecule has 0 amide bonds. The number of halogens is 1. The Balaban J connectivity index is 2.14. The van der Waals surface area contributed by atoms with Crippen molar-refractivity contribution in [3.8, 4) is 0 Å². The average molecular weight is 349 g/mol. The van der Waals surface area contributed by atoms with E-state index in [0.29, 0.717) is 12.2 Å². The monoisotopic (exact) mass is 348 g/mol. The number of pyridine rings is 1. The third-order valence-electron chi connectivity index (χ3n) is 3.08. The minimum atomic E-state index is 0.0277. The van der Waals surface area contributed by atoms with Crippen LogP contribution in [0.3, 0.4) is 0 Å². The van der Waals surface area contributed by atoms with E-state index in [0.717, 1.165) is 16.6 Å². The largest absolute Gasteiger partial charge is 0.409 e. The van der Waals surface area contributed by atoms with Crippen LogP contribution in [0.2, 0.25) is 0 Å². The van der Waals surface area contributed by atoms with Crippen LogP contribution in [0.25, 0.3) is 0 Å². The van der Waals surface area contributed by atoms with Crippen LogP contribution in [0.4, 0.5) is 0 Å². The fourth-order valence-corrected chi connectivity index (χ4v) is 2.52. The predicted octanol–water partition coefficient (Wildman–Crippen LogP) is 2.57. The molecule has 1 aromatic carbocycles. The Morgan fingerprint density at radius 3 is 2.62 bits per heavy atom. The first kappa shape index (κ1) is 15.5. The van der Waals surface area contributed by atoms with E-state index in [1.807, 2.05) is 37.4 Å². The third-order valence-corrected chi connectivity index (χ3v) is 3.85. The number of rotatable bonds is 5. The molecule has 0 aliphatic rings. The lowest BCUT2D eigenvalue weighted by molar-refractivity contribution is 0.314. The minimum absolute atomic E-state index is 0.0277. The van der Waals surface area contributed by atoms with Crippen molar-refractivity contribution in [1.82, 2.24) is 9.88 Å². The van der Waals surface area contributed by atoms with Crippen molar-refractivity contribution in [2.45, 2.75) is 13.1 Å². The van der Waals surface area contributed by atoms with Crippen LogP contribution in [-0.2, 0) is 13.1 Å². The minimum Gasteiger partial charge on any atom is -0.409 e. The number of nitrogens with zero attached hydrogens (tertiary/aromatic N) is 3. The SMILES string of the molecule is CN(Cc1ccccc1Br)Cc1cccnc1C(N)=NO. The van der Waals surface area contributed by atoms with Crippen molar-refractivity contribution in [2.75, 3.05) is 7.05 Å². The molecule has 1 aromatic heterocycles. The topological polar surface area (TPSA) is 74.7 Å². The first-order chi connectivity index (χ1) is 10.1. The molecule has 2 rings (SSSR count). The van der Waals surface area contributed by atoms with Gasteiger partial charge in [0.2, 0.25) is 0 Å². The van der Waals surface area contributed by atoms with E-state index in [-0.39, 0.29) is 5.84 Å². The molecule has 3 N–H and O–H groups in total. The van der Waals surface area contributed by atoms with Gasteiger partial charge in [0.1, 0.15) is 5.69 Å². The maximum atomic E-state index is 8.82. The molecule has 0 atom stereocenters. The van der Waals surface area contributed by atoms with Crippen molar-refractivity contribution in [3.05, 3.63) is 63.9 Å². The van der Waals surface area contributed by atoms with E-state index in [9.17, 15) is 0 Å². The van der Waals surface area contributed by atoms with E-state index < -0.39 is 0 Å². The number of hydrogen-bond acceptors (Lipinski definition) is 4. The highest BCUT2D eigenvalue weighted by molar-refractivity contribution is 9.10. The van der Waals surface area contributed by atoms with E-state index in [4.69, 9.17) is 10.9 Å². The Hall–Kier alpha value is -1.92. The quantitative estimate of drug-likeness (QED) is 0.377. The van der Waals surface area contributed by atoms with Gasteiger partial charge >= 0.3 is 0 Å². The maximum Gasteiger partial charge on any atom is 0.189 e. The molecule has 5 nitrogen and oxygen atoms in total. The summed E-state index contributed by atoms with van der Waals surface area (Å²) >= 11 is 3.55. The molecule has 0 saturated carbocycles. The van der Waals surface area contributed by atoms with E-state index in [1.54, 1.807) is 6.20 Å². The number of aromatic nitrogens is 1. The van der Waals surface area contributed by atoms with Gasteiger partial charge in [-0.25, -0.2) is 0 Å². The van der Waals surface area contributed by atoms with Crippen molar-refractivity contribution >= 4 is 21.8 Å². The molecule has 0 fully saturated rings. The van der Waals surface area contributed by atoms with Crippen LogP contribution in [-0.4, -0.2) is 28.0 Å². The Morgan fingerprint density at radius 2 is 1.90 bits per heavy atom. The van der Waals surface area contributed by atoms with Gasteiger partial charge in [-0.3, -0.25) is 9.88 Å². The van der Waals surface area contributed by atoms with Crippen LogP contribution in [0, 0.1) is 0 Å². The van der Waals surface area contributed by atoms with Gasteiger partial charge in [0.15, 0.2) is 5.84 Å². The number of hydrogen-bond donors (Lipinski definition) is 2. The molecule has 0 aliphatic heterocycles. The van der Waals surface area contributed by atoms with E-state index in [1.165, 1.54) is 5.56 Å². The number of oxime groups is 1. The summed E-state index contributed by atoms with van der Waals surface area (Å²) in [6, 6.07) is 11.9. The smallest absolute Gasteiger partial charge is 0.189 e. The van der Waals surface area contributed by atoms with E-state index >= 15 is 0 Å². The molecule has 2 aromatic rings. The number of nitrogens with two attached hydrogens (primary N) is 1. The fourth-order valence-electron chi connectivity index (χ4n) is 2.11. The molecular formula is C15H17BrN4O. The summed E-state index contributed by atoms with van der Waals surface area (Å²) in [5.74, 6) is 0.0277. The van der Waals surface area contributed by atoms with Gasteiger partial charge in [-0.05, 0) is 30.3 Å². The van der Waals surface area contributed by atoms with Crippen LogP contribution in [0.5, 0.6) is 0 Å². The lowest BCUT2D eigenvalue weighted by Crippen LogP contribution is -2.23. The summed E-state index contributed by atoms with van der Waals surface area (Å²) in [4.78, 5) is 6.32. The highest BCUT2D eigenvalue weighted by Gasteiger charge is 2.11. The van der Waals surface area contributed by atoms with Gasteiger partial charge in [-0.1, -0.05) is 45.4 Å². The second-order valence-electron chi connectivity index (χ2n) is 4.76. The molecular weight excluding hydrogens is 332 g/mol. The summed E-state index contributed by atoms with van der Waals surface area (Å²) < 4.78 is 1.08. The van der Waals surface area contributed by atoms with Gasteiger partial charge < -0.3 is 10.9 Å². The second kappa shape index (κ2) is 7.19. The first-order valence-corrected chi connectivity index (χ1v) is 7.25. The fraction of sp³-hybridized carbons (Fsp3) is 0.200. The van der Waals surface area contributed by atoms with Gasteiger partial charge in [0.05, 0.1) is 0 Å². The first-order valence-electron chi connectivity index (χ1n) is 6.45. The highest BCUT2D eigenvalue weighted by Crippen LogP contribution is 2.18. The Bertz CT molecular complexity index is 645. The van der Waals surface area contributed by atoms with Crippen molar-refractivity contribution in [3.63, 3.8) is 0 Å². The van der Waals surface area contributed by atoms with Gasteiger partial charge in [0, 0.05) is 23.8 Å². The molecule has 6 heteroatoms. The zero-order chi connectivity index (χ0) is 15.2. The Labute approximate surface area is 132 Å². The maximum absolute atomic E-state index is 8.82. The second-order valence-corrected chi connectivity index (χ2v) is 5.61. The van der Waals surface area contributed by atoms with Gasteiger partial charge in [-0.15, -0.1) is 0 Å². The Morgan fingerprint density at radius 1 is 1.24 bits per heavy atom. The summed E-state index contributed by atoms with van der Waals surface area (Å²) in [5.41, 5.74) is 8.29. The van der Waals surface area contributed by atoms with Crippen LogP contribution >= 0.6 is 15.9 Å². The van der Waals surface area contributed by atoms with Crippen molar-refractivity contribution < 1.29 is 5.21 Å². The Kier molecular flexibility index (Phi) is 5.30. The zero-order valence-electron chi connectivity index (χ0n) is 11.7. The zero-order valence-corrected chi connectivity index (χ0v) is 13.3. The van der Waals surface area contributed by atoms with Gasteiger partial charge in [-0.2, -0.15) is 0 Å². The lowest BCUT2D eigenvalue weighted by Gasteiger charge is -2.19. The summed E-state index contributed by atoms with van der Waals surface area (Å²) in [6.07, 6.45) is 1.63. The number of amidine groups is 1. The molecule has 0 spiro atoms. The molecule has 0 bridgehead atoms. The molecule has 0 radical (unpaired) electrons. The molecule has 0 aliphatic carbocycles. The summed E-state index contributed by atoms with van der Waals surface area (Å²) in [7, 11) is 2.02. The van der Waals surface area contributed by atoms with Crippen molar-refractivity contribution in [2.24, 2.45) is 10.9 Å². The third kappa shape index (κ3) is 4.03. The molecule has 0 unspecified atom stereocenters. The molecule has 21 heavy (non-hydrogen) atoms. The van der Waals surface area contributed by atoms with E-state index in [2.05, 4.69) is 37.0 Å².